The van der Waals surface area contributed by atoms with Crippen LogP contribution in [0.1, 0.15) is 39.7 Å². The van der Waals surface area contributed by atoms with E-state index in [1.165, 1.54) is 0 Å². The molecule has 5 nitrogen and oxygen atoms in total. The smallest absolute Gasteiger partial charge is 0.233 e. The fraction of sp³-hybridized carbons (Fsp3) is 0.625. The normalized spacial score (nSPS) is 11.0. The number of nitrogens with one attached hydrogen (secondary N) is 2. The van der Waals surface area contributed by atoms with Crippen molar-refractivity contribution in [2.45, 2.75) is 46.8 Å². The molecular formula is C16H27N3O2. The molecule has 0 unspecified atom stereocenters. The number of amides is 1. The molecule has 0 aliphatic rings. The summed E-state index contributed by atoms with van der Waals surface area (Å²) in [4.78, 5) is 15.9. The van der Waals surface area contributed by atoms with E-state index in [0.717, 1.165) is 18.5 Å². The summed E-state index contributed by atoms with van der Waals surface area (Å²) < 4.78 is 5.64. The highest BCUT2D eigenvalue weighted by atomic mass is 16.5. The fourth-order valence-corrected chi connectivity index (χ4v) is 1.76. The lowest BCUT2D eigenvalue weighted by Gasteiger charge is -2.13. The summed E-state index contributed by atoms with van der Waals surface area (Å²) in [7, 11) is 0. The van der Waals surface area contributed by atoms with Crippen LogP contribution in [0.3, 0.4) is 0 Å². The number of carbonyl (C=O) groups excluding carboxylic acids is 1. The van der Waals surface area contributed by atoms with Crippen molar-refractivity contribution in [2.75, 3.05) is 13.1 Å². The third kappa shape index (κ3) is 7.66. The molecule has 2 N–H and O–H groups in total. The SMILES string of the molecule is CC(C)CCNC(=O)CNCc1cccnc1OC(C)C. The van der Waals surface area contributed by atoms with E-state index in [1.54, 1.807) is 6.20 Å². The zero-order valence-electron chi connectivity index (χ0n) is 13.5. The number of hydrogen-bond acceptors (Lipinski definition) is 4. The quantitative estimate of drug-likeness (QED) is 0.732. The molecule has 1 heterocycles. The maximum atomic E-state index is 11.7. The van der Waals surface area contributed by atoms with Crippen LogP contribution in [-0.2, 0) is 11.3 Å². The third-order valence-corrected chi connectivity index (χ3v) is 2.84. The van der Waals surface area contributed by atoms with E-state index in [-0.39, 0.29) is 12.0 Å². The van der Waals surface area contributed by atoms with Crippen LogP contribution in [0.5, 0.6) is 5.88 Å². The van der Waals surface area contributed by atoms with Crippen molar-refractivity contribution in [3.8, 4) is 5.88 Å². The van der Waals surface area contributed by atoms with E-state index >= 15 is 0 Å². The number of rotatable bonds is 9. The van der Waals surface area contributed by atoms with E-state index in [4.69, 9.17) is 4.74 Å². The number of ether oxygens (including phenoxy) is 1. The van der Waals surface area contributed by atoms with Gasteiger partial charge in [-0.05, 0) is 32.3 Å². The molecule has 0 atom stereocenters. The molecule has 0 saturated carbocycles. The predicted octanol–water partition coefficient (Wildman–Crippen LogP) is 2.12. The van der Waals surface area contributed by atoms with E-state index in [2.05, 4.69) is 29.5 Å². The monoisotopic (exact) mass is 293 g/mol. The van der Waals surface area contributed by atoms with E-state index in [0.29, 0.717) is 24.9 Å². The second kappa shape index (κ2) is 9.34. The van der Waals surface area contributed by atoms with Crippen LogP contribution >= 0.6 is 0 Å². The summed E-state index contributed by atoms with van der Waals surface area (Å²) in [5, 5.41) is 6.02. The van der Waals surface area contributed by atoms with E-state index in [1.807, 2.05) is 26.0 Å². The highest BCUT2D eigenvalue weighted by molar-refractivity contribution is 5.77. The van der Waals surface area contributed by atoms with E-state index < -0.39 is 0 Å². The molecule has 1 rings (SSSR count). The highest BCUT2D eigenvalue weighted by Gasteiger charge is 2.07. The topological polar surface area (TPSA) is 63.2 Å². The maximum Gasteiger partial charge on any atom is 0.233 e. The van der Waals surface area contributed by atoms with Gasteiger partial charge in [0, 0.05) is 24.8 Å². The number of nitrogens with zero attached hydrogens (tertiary/aromatic N) is 1. The standard InChI is InChI=1S/C16H27N3O2/c1-12(2)7-9-18-15(20)11-17-10-14-6-5-8-19-16(14)21-13(3)4/h5-6,8,12-13,17H,7,9-11H2,1-4H3,(H,18,20). The van der Waals surface area contributed by atoms with Gasteiger partial charge in [-0.3, -0.25) is 4.79 Å². The molecule has 118 valence electrons. The van der Waals surface area contributed by atoms with Gasteiger partial charge in [-0.15, -0.1) is 0 Å². The van der Waals surface area contributed by atoms with Crippen LogP contribution < -0.4 is 15.4 Å². The molecule has 0 spiro atoms. The van der Waals surface area contributed by atoms with Gasteiger partial charge in [-0.1, -0.05) is 19.9 Å². The molecule has 0 aliphatic carbocycles. The van der Waals surface area contributed by atoms with Gasteiger partial charge >= 0.3 is 0 Å². The Labute approximate surface area is 127 Å². The summed E-state index contributed by atoms with van der Waals surface area (Å²) >= 11 is 0. The summed E-state index contributed by atoms with van der Waals surface area (Å²) in [6, 6.07) is 3.82. The lowest BCUT2D eigenvalue weighted by Crippen LogP contribution is -2.34. The van der Waals surface area contributed by atoms with Gasteiger partial charge in [0.2, 0.25) is 11.8 Å². The molecule has 0 saturated heterocycles. The minimum absolute atomic E-state index is 0.0193. The van der Waals surface area contributed by atoms with Crippen LogP contribution in [0.2, 0.25) is 0 Å². The van der Waals surface area contributed by atoms with Crippen LogP contribution in [0, 0.1) is 5.92 Å². The number of carbonyl (C=O) groups is 1. The second-order valence-corrected chi connectivity index (χ2v) is 5.77. The fourth-order valence-electron chi connectivity index (χ4n) is 1.76. The van der Waals surface area contributed by atoms with Gasteiger partial charge in [-0.25, -0.2) is 4.98 Å². The van der Waals surface area contributed by atoms with Gasteiger partial charge in [0.1, 0.15) is 0 Å². The molecule has 1 aromatic rings. The zero-order chi connectivity index (χ0) is 15.7. The molecule has 0 fully saturated rings. The average molecular weight is 293 g/mol. The first-order valence-electron chi connectivity index (χ1n) is 7.57. The molecule has 21 heavy (non-hydrogen) atoms. The summed E-state index contributed by atoms with van der Waals surface area (Å²) in [6.07, 6.45) is 2.79. The Bertz CT molecular complexity index is 433. The average Bonchev–Trinajstić information content (AvgIpc) is 2.39. The van der Waals surface area contributed by atoms with Gasteiger partial charge in [-0.2, -0.15) is 0 Å². The summed E-state index contributed by atoms with van der Waals surface area (Å²) in [5.74, 6) is 1.25. The van der Waals surface area contributed by atoms with Crippen molar-refractivity contribution in [1.82, 2.24) is 15.6 Å². The number of hydrogen-bond donors (Lipinski definition) is 2. The Morgan fingerprint density at radius 2 is 2.10 bits per heavy atom. The van der Waals surface area contributed by atoms with E-state index in [9.17, 15) is 4.79 Å². The Kier molecular flexibility index (Phi) is 7.75. The van der Waals surface area contributed by atoms with Crippen molar-refractivity contribution in [2.24, 2.45) is 5.92 Å². The van der Waals surface area contributed by atoms with Gasteiger partial charge in [0.15, 0.2) is 0 Å². The third-order valence-electron chi connectivity index (χ3n) is 2.84. The van der Waals surface area contributed by atoms with Crippen LogP contribution in [0.15, 0.2) is 18.3 Å². The Hall–Kier alpha value is -1.62. The zero-order valence-corrected chi connectivity index (χ0v) is 13.5. The Morgan fingerprint density at radius 3 is 2.76 bits per heavy atom. The van der Waals surface area contributed by atoms with Crippen molar-refractivity contribution in [1.29, 1.82) is 0 Å². The van der Waals surface area contributed by atoms with Gasteiger partial charge in [0.25, 0.3) is 0 Å². The van der Waals surface area contributed by atoms with Gasteiger partial charge < -0.3 is 15.4 Å². The van der Waals surface area contributed by atoms with Gasteiger partial charge in [0.05, 0.1) is 12.6 Å². The summed E-state index contributed by atoms with van der Waals surface area (Å²) in [6.45, 7) is 9.81. The van der Waals surface area contributed by atoms with Crippen molar-refractivity contribution in [3.63, 3.8) is 0 Å². The number of aromatic nitrogens is 1. The Balaban J connectivity index is 2.33. The minimum atomic E-state index is 0.0193. The van der Waals surface area contributed by atoms with Crippen LogP contribution in [0.4, 0.5) is 0 Å². The predicted molar refractivity (Wildman–Crippen MR) is 84.2 cm³/mol. The Morgan fingerprint density at radius 1 is 1.33 bits per heavy atom. The first-order chi connectivity index (χ1) is 9.99. The maximum absolute atomic E-state index is 11.7. The van der Waals surface area contributed by atoms with Crippen molar-refractivity contribution in [3.05, 3.63) is 23.9 Å². The summed E-state index contributed by atoms with van der Waals surface area (Å²) in [5.41, 5.74) is 0.959. The minimum Gasteiger partial charge on any atom is -0.475 e. The highest BCUT2D eigenvalue weighted by Crippen LogP contribution is 2.15. The molecule has 0 radical (unpaired) electrons. The van der Waals surface area contributed by atoms with Crippen molar-refractivity contribution >= 4 is 5.91 Å². The molecular weight excluding hydrogens is 266 g/mol. The second-order valence-electron chi connectivity index (χ2n) is 5.77. The van der Waals surface area contributed by atoms with Crippen molar-refractivity contribution < 1.29 is 9.53 Å². The number of pyridine rings is 1. The lowest BCUT2D eigenvalue weighted by atomic mass is 10.1. The molecule has 0 aliphatic heterocycles. The molecule has 5 heteroatoms. The van der Waals surface area contributed by atoms with Crippen LogP contribution in [0.25, 0.3) is 0 Å². The molecule has 0 aromatic carbocycles. The van der Waals surface area contributed by atoms with Crippen LogP contribution in [-0.4, -0.2) is 30.1 Å². The molecule has 1 amide bonds. The molecule has 0 bridgehead atoms. The lowest BCUT2D eigenvalue weighted by molar-refractivity contribution is -0.120. The largest absolute Gasteiger partial charge is 0.475 e. The first kappa shape index (κ1) is 17.4. The molecule has 1 aromatic heterocycles. The first-order valence-corrected chi connectivity index (χ1v) is 7.57.